The summed E-state index contributed by atoms with van der Waals surface area (Å²) in [5.74, 6) is 0.900. The van der Waals surface area contributed by atoms with Gasteiger partial charge in [0.2, 0.25) is 5.91 Å². The van der Waals surface area contributed by atoms with Crippen LogP contribution < -0.4 is 9.64 Å². The molecule has 5 heteroatoms. The Bertz CT molecular complexity index is 1090. The highest BCUT2D eigenvalue weighted by Gasteiger charge is 2.18. The van der Waals surface area contributed by atoms with Crippen molar-refractivity contribution in [2.45, 2.75) is 19.4 Å². The molecule has 4 aromatic rings. The van der Waals surface area contributed by atoms with Gasteiger partial charge in [-0.1, -0.05) is 36.4 Å². The molecule has 2 heterocycles. The van der Waals surface area contributed by atoms with Crippen molar-refractivity contribution in [3.8, 4) is 5.75 Å². The van der Waals surface area contributed by atoms with Crippen LogP contribution in [0.2, 0.25) is 0 Å². The number of benzene rings is 2. The number of methoxy groups -OCH3 is 1. The van der Waals surface area contributed by atoms with Gasteiger partial charge < -0.3 is 14.0 Å². The number of anilines is 1. The van der Waals surface area contributed by atoms with E-state index < -0.39 is 0 Å². The zero-order valence-corrected chi connectivity index (χ0v) is 16.4. The third-order valence-corrected chi connectivity index (χ3v) is 4.97. The van der Waals surface area contributed by atoms with Gasteiger partial charge in [-0.25, -0.2) is 4.98 Å². The maximum absolute atomic E-state index is 13.2. The minimum absolute atomic E-state index is 0.0814. The van der Waals surface area contributed by atoms with Crippen molar-refractivity contribution in [2.24, 2.45) is 0 Å². The van der Waals surface area contributed by atoms with E-state index in [0.717, 1.165) is 28.3 Å². The fraction of sp³-hybridized carbons (Fsp3) is 0.167. The van der Waals surface area contributed by atoms with Crippen molar-refractivity contribution in [1.82, 2.24) is 9.38 Å². The molecular weight excluding hydrogens is 362 g/mol. The second kappa shape index (κ2) is 8.61. The number of nitrogens with zero attached hydrogens (tertiary/aromatic N) is 3. The van der Waals surface area contributed by atoms with Crippen LogP contribution in [0.15, 0.2) is 85.2 Å². The molecule has 0 radical (unpaired) electrons. The maximum atomic E-state index is 13.2. The van der Waals surface area contributed by atoms with Crippen molar-refractivity contribution in [3.05, 3.63) is 96.4 Å². The minimum atomic E-state index is 0.0814. The first kappa shape index (κ1) is 18.7. The summed E-state index contributed by atoms with van der Waals surface area (Å²) in [7, 11) is 1.65. The number of aryl methyl sites for hydroxylation is 1. The van der Waals surface area contributed by atoms with E-state index in [2.05, 4.69) is 4.98 Å². The van der Waals surface area contributed by atoms with Gasteiger partial charge >= 0.3 is 0 Å². The van der Waals surface area contributed by atoms with E-state index in [9.17, 15) is 4.79 Å². The Hall–Kier alpha value is -3.60. The quantitative estimate of drug-likeness (QED) is 0.470. The highest BCUT2D eigenvalue weighted by molar-refractivity contribution is 5.93. The molecular formula is C24H23N3O2. The second-order valence-electron chi connectivity index (χ2n) is 6.84. The number of aromatic nitrogens is 2. The summed E-state index contributed by atoms with van der Waals surface area (Å²) in [6.45, 7) is 0.469. The summed E-state index contributed by atoms with van der Waals surface area (Å²) >= 11 is 0. The predicted octanol–water partition coefficient (Wildman–Crippen LogP) is 4.51. The lowest BCUT2D eigenvalue weighted by atomic mass is 10.1. The summed E-state index contributed by atoms with van der Waals surface area (Å²) in [5.41, 5.74) is 3.85. The SMILES string of the molecule is COc1ccc(CCC(=O)N(Cc2cnc3ccccn23)c2ccccc2)cc1. The first-order chi connectivity index (χ1) is 14.2. The molecule has 146 valence electrons. The lowest BCUT2D eigenvalue weighted by Crippen LogP contribution is -2.31. The van der Waals surface area contributed by atoms with Crippen LogP contribution in [0.3, 0.4) is 0 Å². The van der Waals surface area contributed by atoms with Crippen LogP contribution >= 0.6 is 0 Å². The standard InChI is InChI=1S/C24H23N3O2/c1-29-22-13-10-19(11-14-22)12-15-24(28)27(20-7-3-2-4-8-20)18-21-17-25-23-9-5-6-16-26(21)23/h2-11,13-14,16-17H,12,15,18H2,1H3. The van der Waals surface area contributed by atoms with Gasteiger partial charge in [-0.3, -0.25) is 4.79 Å². The molecule has 5 nitrogen and oxygen atoms in total. The number of amides is 1. The number of hydrogen-bond acceptors (Lipinski definition) is 3. The van der Waals surface area contributed by atoms with Gasteiger partial charge in [0.15, 0.2) is 0 Å². The molecule has 0 aliphatic rings. The van der Waals surface area contributed by atoms with Crippen LogP contribution in [0.4, 0.5) is 5.69 Å². The molecule has 0 atom stereocenters. The molecule has 4 rings (SSSR count). The van der Waals surface area contributed by atoms with Crippen LogP contribution in [0.5, 0.6) is 5.75 Å². The Balaban J connectivity index is 1.54. The molecule has 29 heavy (non-hydrogen) atoms. The van der Waals surface area contributed by atoms with E-state index in [4.69, 9.17) is 4.74 Å². The Morgan fingerprint density at radius 3 is 2.52 bits per heavy atom. The second-order valence-corrected chi connectivity index (χ2v) is 6.84. The highest BCUT2D eigenvalue weighted by atomic mass is 16.5. The molecule has 0 aliphatic heterocycles. The normalized spacial score (nSPS) is 10.8. The fourth-order valence-electron chi connectivity index (χ4n) is 3.37. The molecule has 0 aliphatic carbocycles. The van der Waals surface area contributed by atoms with Gasteiger partial charge in [-0.2, -0.15) is 0 Å². The van der Waals surface area contributed by atoms with E-state index in [-0.39, 0.29) is 5.91 Å². The Morgan fingerprint density at radius 2 is 1.76 bits per heavy atom. The van der Waals surface area contributed by atoms with Gasteiger partial charge in [-0.05, 0) is 48.4 Å². The van der Waals surface area contributed by atoms with Gasteiger partial charge in [-0.15, -0.1) is 0 Å². The van der Waals surface area contributed by atoms with E-state index in [1.54, 1.807) is 7.11 Å². The van der Waals surface area contributed by atoms with Crippen molar-refractivity contribution < 1.29 is 9.53 Å². The maximum Gasteiger partial charge on any atom is 0.227 e. The summed E-state index contributed by atoms with van der Waals surface area (Å²) in [6.07, 6.45) is 4.92. The van der Waals surface area contributed by atoms with Crippen molar-refractivity contribution in [1.29, 1.82) is 0 Å². The zero-order chi connectivity index (χ0) is 20.1. The summed E-state index contributed by atoms with van der Waals surface area (Å²) in [5, 5.41) is 0. The number of para-hydroxylation sites is 1. The lowest BCUT2D eigenvalue weighted by Gasteiger charge is -2.23. The lowest BCUT2D eigenvalue weighted by molar-refractivity contribution is -0.118. The molecule has 0 N–H and O–H groups in total. The number of imidazole rings is 1. The van der Waals surface area contributed by atoms with Gasteiger partial charge in [0.25, 0.3) is 0 Å². The third-order valence-electron chi connectivity index (χ3n) is 4.97. The van der Waals surface area contributed by atoms with Crippen molar-refractivity contribution in [3.63, 3.8) is 0 Å². The first-order valence-electron chi connectivity index (χ1n) is 9.64. The third kappa shape index (κ3) is 4.29. The van der Waals surface area contributed by atoms with E-state index in [1.165, 1.54) is 0 Å². The largest absolute Gasteiger partial charge is 0.497 e. The molecule has 0 saturated heterocycles. The minimum Gasteiger partial charge on any atom is -0.497 e. The van der Waals surface area contributed by atoms with Crippen LogP contribution in [0.1, 0.15) is 17.7 Å². The number of hydrogen-bond donors (Lipinski definition) is 0. The smallest absolute Gasteiger partial charge is 0.227 e. The topological polar surface area (TPSA) is 46.8 Å². The zero-order valence-electron chi connectivity index (χ0n) is 16.4. The average molecular weight is 385 g/mol. The molecule has 0 spiro atoms. The molecule has 0 bridgehead atoms. The fourth-order valence-corrected chi connectivity index (χ4v) is 3.37. The number of fused-ring (bicyclic) bond motifs is 1. The van der Waals surface area contributed by atoms with E-state index >= 15 is 0 Å². The monoisotopic (exact) mass is 385 g/mol. The number of rotatable bonds is 7. The molecule has 2 aromatic heterocycles. The Kier molecular flexibility index (Phi) is 5.56. The summed E-state index contributed by atoms with van der Waals surface area (Å²) < 4.78 is 7.22. The molecule has 0 saturated carbocycles. The van der Waals surface area contributed by atoms with Gasteiger partial charge in [0, 0.05) is 18.3 Å². The summed E-state index contributed by atoms with van der Waals surface area (Å²) in [4.78, 5) is 19.5. The number of carbonyl (C=O) groups is 1. The van der Waals surface area contributed by atoms with Crippen LogP contribution in [-0.2, 0) is 17.8 Å². The van der Waals surface area contributed by atoms with Crippen LogP contribution in [0.25, 0.3) is 5.65 Å². The molecule has 0 fully saturated rings. The number of pyridine rings is 1. The van der Waals surface area contributed by atoms with Crippen LogP contribution in [-0.4, -0.2) is 22.4 Å². The first-order valence-corrected chi connectivity index (χ1v) is 9.64. The number of carbonyl (C=O) groups excluding carboxylic acids is 1. The predicted molar refractivity (Wildman–Crippen MR) is 114 cm³/mol. The van der Waals surface area contributed by atoms with Gasteiger partial charge in [0.05, 0.1) is 25.5 Å². The average Bonchev–Trinajstić information content (AvgIpc) is 3.19. The Labute approximate surface area is 170 Å². The van der Waals surface area contributed by atoms with E-state index in [1.807, 2.05) is 94.5 Å². The molecule has 0 unspecified atom stereocenters. The van der Waals surface area contributed by atoms with Crippen LogP contribution in [0, 0.1) is 0 Å². The van der Waals surface area contributed by atoms with E-state index in [0.29, 0.717) is 19.4 Å². The molecule has 1 amide bonds. The number of ether oxygens (including phenoxy) is 1. The Morgan fingerprint density at radius 1 is 1.00 bits per heavy atom. The summed E-state index contributed by atoms with van der Waals surface area (Å²) in [6, 6.07) is 23.5. The molecule has 2 aromatic carbocycles. The van der Waals surface area contributed by atoms with Crippen molar-refractivity contribution >= 4 is 17.2 Å². The van der Waals surface area contributed by atoms with Gasteiger partial charge in [0.1, 0.15) is 11.4 Å². The van der Waals surface area contributed by atoms with Crippen molar-refractivity contribution in [2.75, 3.05) is 12.0 Å². The highest BCUT2D eigenvalue weighted by Crippen LogP contribution is 2.20.